The molecule has 2 heterocycles. The fraction of sp³-hybridized carbons (Fsp3) is 0.409. The van der Waals surface area contributed by atoms with Crippen molar-refractivity contribution in [3.05, 3.63) is 53.3 Å². The molecule has 0 radical (unpaired) electrons. The van der Waals surface area contributed by atoms with E-state index < -0.39 is 12.1 Å². The second-order valence-electron chi connectivity index (χ2n) is 8.16. The number of rotatable bonds is 4. The number of carbonyl (C=O) groups is 1. The zero-order valence-corrected chi connectivity index (χ0v) is 16.9. The van der Waals surface area contributed by atoms with Crippen LogP contribution in [0.15, 0.2) is 36.4 Å². The van der Waals surface area contributed by atoms with E-state index in [0.717, 1.165) is 23.5 Å². The molecule has 0 spiro atoms. The lowest BCUT2D eigenvalue weighted by molar-refractivity contribution is -0.116. The molecular weight excluding hydrogens is 371 g/mol. The molecule has 0 saturated carbocycles. The third-order valence-electron chi connectivity index (χ3n) is 5.91. The highest BCUT2D eigenvalue weighted by Gasteiger charge is 2.33. The number of nitrogens with one attached hydrogen (secondary N) is 2. The minimum Gasteiger partial charge on any atom is -0.390 e. The van der Waals surface area contributed by atoms with Crippen molar-refractivity contribution in [3.63, 3.8) is 0 Å². The van der Waals surface area contributed by atoms with E-state index in [9.17, 15) is 14.3 Å². The smallest absolute Gasteiger partial charge is 0.247 e. The number of hydrogen-bond acceptors (Lipinski definition) is 5. The van der Waals surface area contributed by atoms with Crippen LogP contribution in [-0.4, -0.2) is 61.3 Å². The van der Waals surface area contributed by atoms with E-state index >= 15 is 0 Å². The predicted octanol–water partition coefficient (Wildman–Crippen LogP) is 2.22. The van der Waals surface area contributed by atoms with E-state index in [4.69, 9.17) is 0 Å². The molecular formula is C22H27FN4O2. The molecule has 7 heteroatoms. The molecule has 2 aromatic rings. The molecule has 3 atom stereocenters. The number of amides is 1. The first kappa shape index (κ1) is 19.7. The normalized spacial score (nSPS) is 23.2. The van der Waals surface area contributed by atoms with Gasteiger partial charge in [-0.2, -0.15) is 0 Å². The summed E-state index contributed by atoms with van der Waals surface area (Å²) in [7, 11) is 3.93. The van der Waals surface area contributed by atoms with Gasteiger partial charge in [0, 0.05) is 42.1 Å². The molecule has 1 unspecified atom stereocenters. The van der Waals surface area contributed by atoms with Gasteiger partial charge in [-0.25, -0.2) is 4.39 Å². The Bertz CT molecular complexity index is 902. The number of halogens is 1. The van der Waals surface area contributed by atoms with Gasteiger partial charge in [0.15, 0.2) is 0 Å². The van der Waals surface area contributed by atoms with Gasteiger partial charge in [0.05, 0.1) is 12.1 Å². The van der Waals surface area contributed by atoms with Crippen molar-refractivity contribution in [3.8, 4) is 0 Å². The number of β-amino-alcohol motifs (C(OH)–C–C–N with tert-alkyl or cyclic N) is 1. The van der Waals surface area contributed by atoms with E-state index in [1.165, 1.54) is 6.07 Å². The molecule has 0 aliphatic carbocycles. The number of aliphatic hydroxyl groups excluding tert-OH is 1. The molecule has 0 aromatic heterocycles. The zero-order valence-electron chi connectivity index (χ0n) is 16.9. The minimum atomic E-state index is -0.504. The number of fused-ring (bicyclic) bond motifs is 1. The first-order valence-corrected chi connectivity index (χ1v) is 9.88. The molecule has 2 aromatic carbocycles. The van der Waals surface area contributed by atoms with Crippen LogP contribution >= 0.6 is 0 Å². The number of likely N-dealkylation sites (N-methyl/N-ethyl adjacent to an activating group) is 1. The molecule has 1 fully saturated rings. The Kier molecular flexibility index (Phi) is 5.19. The van der Waals surface area contributed by atoms with Crippen LogP contribution in [-0.2, 0) is 11.2 Å². The van der Waals surface area contributed by atoms with E-state index in [0.29, 0.717) is 24.2 Å². The standard InChI is InChI=1S/C22H27FN4O2/c1-13-7-8-17(23)16-10-18(25-21(13)16)22(29)24-14-5-4-6-15(9-14)27-11-19(26(2)3)20(28)12-27/h4-9,18-20,25,28H,10-12H2,1-3H3,(H,24,29)/t18?,19-,20-/m0/s1. The third-order valence-corrected chi connectivity index (χ3v) is 5.91. The summed E-state index contributed by atoms with van der Waals surface area (Å²) in [6, 6.07) is 10.4. The first-order valence-electron chi connectivity index (χ1n) is 9.88. The molecule has 6 nitrogen and oxygen atoms in total. The molecule has 2 aliphatic rings. The van der Waals surface area contributed by atoms with Crippen molar-refractivity contribution in [1.82, 2.24) is 4.90 Å². The number of benzene rings is 2. The summed E-state index contributed by atoms with van der Waals surface area (Å²) in [4.78, 5) is 16.9. The topological polar surface area (TPSA) is 67.8 Å². The van der Waals surface area contributed by atoms with Gasteiger partial charge in [0.25, 0.3) is 0 Å². The second-order valence-corrected chi connectivity index (χ2v) is 8.16. The van der Waals surface area contributed by atoms with E-state index in [1.54, 1.807) is 6.07 Å². The summed E-state index contributed by atoms with van der Waals surface area (Å²) >= 11 is 0. The Labute approximate surface area is 170 Å². The molecule has 1 amide bonds. The molecule has 29 heavy (non-hydrogen) atoms. The lowest BCUT2D eigenvalue weighted by atomic mass is 10.1. The summed E-state index contributed by atoms with van der Waals surface area (Å²) < 4.78 is 14.1. The van der Waals surface area contributed by atoms with Crippen LogP contribution in [0.4, 0.5) is 21.5 Å². The van der Waals surface area contributed by atoms with Gasteiger partial charge in [0.1, 0.15) is 11.9 Å². The van der Waals surface area contributed by atoms with E-state index in [2.05, 4.69) is 15.5 Å². The van der Waals surface area contributed by atoms with Crippen LogP contribution in [0.5, 0.6) is 0 Å². The van der Waals surface area contributed by atoms with Crippen LogP contribution in [0.3, 0.4) is 0 Å². The van der Waals surface area contributed by atoms with Gasteiger partial charge in [-0.15, -0.1) is 0 Å². The predicted molar refractivity (Wildman–Crippen MR) is 113 cm³/mol. The fourth-order valence-corrected chi connectivity index (χ4v) is 4.23. The highest BCUT2D eigenvalue weighted by molar-refractivity contribution is 5.98. The van der Waals surface area contributed by atoms with E-state index in [1.807, 2.05) is 50.2 Å². The summed E-state index contributed by atoms with van der Waals surface area (Å²) in [5.41, 5.74) is 3.86. The number of anilines is 3. The number of nitrogens with zero attached hydrogens (tertiary/aromatic N) is 2. The average molecular weight is 398 g/mol. The van der Waals surface area contributed by atoms with Crippen LogP contribution < -0.4 is 15.5 Å². The molecule has 2 aliphatic heterocycles. The Morgan fingerprint density at radius 3 is 2.76 bits per heavy atom. The Hall–Kier alpha value is -2.64. The van der Waals surface area contributed by atoms with Crippen molar-refractivity contribution in [2.75, 3.05) is 42.7 Å². The monoisotopic (exact) mass is 398 g/mol. The van der Waals surface area contributed by atoms with E-state index in [-0.39, 0.29) is 17.8 Å². The Morgan fingerprint density at radius 1 is 1.28 bits per heavy atom. The lowest BCUT2D eigenvalue weighted by Gasteiger charge is -2.22. The van der Waals surface area contributed by atoms with Gasteiger partial charge in [-0.05, 0) is 50.8 Å². The summed E-state index contributed by atoms with van der Waals surface area (Å²) in [6.45, 7) is 3.18. The number of aliphatic hydroxyl groups is 1. The highest BCUT2D eigenvalue weighted by Crippen LogP contribution is 2.32. The maximum atomic E-state index is 14.1. The van der Waals surface area contributed by atoms with Crippen molar-refractivity contribution in [2.24, 2.45) is 0 Å². The van der Waals surface area contributed by atoms with Crippen molar-refractivity contribution in [1.29, 1.82) is 0 Å². The fourth-order valence-electron chi connectivity index (χ4n) is 4.23. The van der Waals surface area contributed by atoms with Crippen molar-refractivity contribution >= 4 is 23.0 Å². The Balaban J connectivity index is 1.45. The molecule has 0 bridgehead atoms. The van der Waals surface area contributed by atoms with Crippen molar-refractivity contribution < 1.29 is 14.3 Å². The average Bonchev–Trinajstić information content (AvgIpc) is 3.30. The Morgan fingerprint density at radius 2 is 2.07 bits per heavy atom. The van der Waals surface area contributed by atoms with Crippen LogP contribution in [0.25, 0.3) is 0 Å². The number of hydrogen-bond donors (Lipinski definition) is 3. The zero-order chi connectivity index (χ0) is 20.7. The minimum absolute atomic E-state index is 0.0765. The summed E-state index contributed by atoms with van der Waals surface area (Å²) in [5, 5.41) is 16.4. The first-order chi connectivity index (χ1) is 13.8. The highest BCUT2D eigenvalue weighted by atomic mass is 19.1. The van der Waals surface area contributed by atoms with Crippen LogP contribution in [0.2, 0.25) is 0 Å². The maximum absolute atomic E-state index is 14.1. The molecule has 4 rings (SSSR count). The largest absolute Gasteiger partial charge is 0.390 e. The summed E-state index contributed by atoms with van der Waals surface area (Å²) in [6.07, 6.45) is -0.0837. The van der Waals surface area contributed by atoms with Crippen LogP contribution in [0.1, 0.15) is 11.1 Å². The van der Waals surface area contributed by atoms with Gasteiger partial charge < -0.3 is 25.5 Å². The SMILES string of the molecule is Cc1ccc(F)c2c1NC(C(=O)Nc1cccc(N3C[C@H](O)[C@@H](N(C)C)C3)c1)C2. The lowest BCUT2D eigenvalue weighted by Crippen LogP contribution is -2.38. The second kappa shape index (κ2) is 7.65. The molecule has 154 valence electrons. The molecule has 3 N–H and O–H groups in total. The van der Waals surface area contributed by atoms with Gasteiger partial charge >= 0.3 is 0 Å². The van der Waals surface area contributed by atoms with Gasteiger partial charge in [0.2, 0.25) is 5.91 Å². The van der Waals surface area contributed by atoms with Gasteiger partial charge in [-0.3, -0.25) is 4.79 Å². The number of aryl methyl sites for hydroxylation is 1. The van der Waals surface area contributed by atoms with Gasteiger partial charge in [-0.1, -0.05) is 12.1 Å². The number of carbonyl (C=O) groups excluding carboxylic acids is 1. The maximum Gasteiger partial charge on any atom is 0.247 e. The third kappa shape index (κ3) is 3.80. The summed E-state index contributed by atoms with van der Waals surface area (Å²) in [5.74, 6) is -0.469. The van der Waals surface area contributed by atoms with Crippen LogP contribution in [0, 0.1) is 12.7 Å². The van der Waals surface area contributed by atoms with Crippen molar-refractivity contribution in [2.45, 2.75) is 31.5 Å². The molecule has 1 saturated heterocycles. The quantitative estimate of drug-likeness (QED) is 0.737.